The summed E-state index contributed by atoms with van der Waals surface area (Å²) in [5.74, 6) is 0.195. The first-order valence-electron chi connectivity index (χ1n) is 9.26. The fourth-order valence-electron chi connectivity index (χ4n) is 2.61. The van der Waals surface area contributed by atoms with Crippen LogP contribution in [0.2, 0.25) is 5.02 Å². The van der Waals surface area contributed by atoms with Crippen molar-refractivity contribution in [3.8, 4) is 11.3 Å². The lowest BCUT2D eigenvalue weighted by molar-refractivity contribution is -0.137. The summed E-state index contributed by atoms with van der Waals surface area (Å²) >= 11 is 5.78. The third-order valence-electron chi connectivity index (χ3n) is 4.23. The highest BCUT2D eigenvalue weighted by Gasteiger charge is 2.32. The normalized spacial score (nSPS) is 11.4. The third-order valence-corrected chi connectivity index (χ3v) is 4.48. The van der Waals surface area contributed by atoms with Crippen molar-refractivity contribution >= 4 is 35.4 Å². The van der Waals surface area contributed by atoms with Gasteiger partial charge in [0.1, 0.15) is 5.82 Å². The summed E-state index contributed by atoms with van der Waals surface area (Å²) in [5, 5.41) is 6.62. The highest BCUT2D eigenvalue weighted by Crippen LogP contribution is 2.33. The van der Waals surface area contributed by atoms with Crippen LogP contribution < -0.4 is 10.2 Å². The number of pyridine rings is 1. The Bertz CT molecular complexity index is 1120. The average molecular weight is 463 g/mol. The molecule has 3 aromatic rings. The molecule has 0 saturated carbocycles. The predicted octanol–water partition coefficient (Wildman–Crippen LogP) is 6.07. The van der Waals surface area contributed by atoms with Gasteiger partial charge in [0.2, 0.25) is 0 Å². The maximum Gasteiger partial charge on any atom is 0.437 e. The standard InChI is InChI=1S/C22H18ClF3N4O2/c1-30(2)20-12-16(22(24,25)26)11-19(29-20)15-5-3-14(4-6-15)13-27-32-21(31)28-18-9-7-17(23)8-10-18/h3-13H,1-2H3,(H,28,31). The largest absolute Gasteiger partial charge is 0.437 e. The van der Waals surface area contributed by atoms with Crippen LogP contribution in [0, 0.1) is 0 Å². The first kappa shape index (κ1) is 23.1. The molecule has 0 radical (unpaired) electrons. The van der Waals surface area contributed by atoms with Gasteiger partial charge in [-0.15, -0.1) is 0 Å². The van der Waals surface area contributed by atoms with Crippen molar-refractivity contribution in [3.63, 3.8) is 0 Å². The zero-order chi connectivity index (χ0) is 23.3. The summed E-state index contributed by atoms with van der Waals surface area (Å²) in [6.45, 7) is 0. The van der Waals surface area contributed by atoms with E-state index in [2.05, 4.69) is 15.5 Å². The SMILES string of the molecule is CN(C)c1cc(C(F)(F)F)cc(-c2ccc(C=NOC(=O)Nc3ccc(Cl)cc3)cc2)n1. The maximum absolute atomic E-state index is 13.2. The van der Waals surface area contributed by atoms with Crippen LogP contribution in [0.25, 0.3) is 11.3 Å². The lowest BCUT2D eigenvalue weighted by Gasteiger charge is -2.16. The Morgan fingerprint density at radius 3 is 2.34 bits per heavy atom. The van der Waals surface area contributed by atoms with Crippen LogP contribution in [0.5, 0.6) is 0 Å². The molecule has 3 rings (SSSR count). The van der Waals surface area contributed by atoms with Crippen LogP contribution in [-0.4, -0.2) is 31.4 Å². The number of nitrogens with one attached hydrogen (secondary N) is 1. The molecule has 0 aliphatic rings. The van der Waals surface area contributed by atoms with Crippen molar-refractivity contribution in [1.82, 2.24) is 4.98 Å². The van der Waals surface area contributed by atoms with Gasteiger partial charge in [0.25, 0.3) is 0 Å². The van der Waals surface area contributed by atoms with Gasteiger partial charge in [-0.05, 0) is 42.0 Å². The fraction of sp³-hybridized carbons (Fsp3) is 0.136. The van der Waals surface area contributed by atoms with Gasteiger partial charge in [0.15, 0.2) is 0 Å². The Kier molecular flexibility index (Phi) is 6.99. The van der Waals surface area contributed by atoms with E-state index in [1.165, 1.54) is 11.1 Å². The second-order valence-corrected chi connectivity index (χ2v) is 7.30. The van der Waals surface area contributed by atoms with Crippen molar-refractivity contribution in [2.24, 2.45) is 5.16 Å². The Morgan fingerprint density at radius 1 is 1.09 bits per heavy atom. The number of oxime groups is 1. The number of rotatable bonds is 5. The maximum atomic E-state index is 13.2. The number of aromatic nitrogens is 1. The van der Waals surface area contributed by atoms with Crippen molar-refractivity contribution in [2.75, 3.05) is 24.3 Å². The molecule has 0 aliphatic heterocycles. The van der Waals surface area contributed by atoms with E-state index in [-0.39, 0.29) is 11.5 Å². The van der Waals surface area contributed by atoms with E-state index < -0.39 is 17.8 Å². The summed E-state index contributed by atoms with van der Waals surface area (Å²) in [5.41, 5.74) is 0.970. The molecule has 0 atom stereocenters. The van der Waals surface area contributed by atoms with Crippen LogP contribution in [0.4, 0.5) is 29.5 Å². The second-order valence-electron chi connectivity index (χ2n) is 6.86. The number of nitrogens with zero attached hydrogens (tertiary/aromatic N) is 3. The smallest absolute Gasteiger partial charge is 0.363 e. The van der Waals surface area contributed by atoms with Crippen LogP contribution in [0.1, 0.15) is 11.1 Å². The minimum Gasteiger partial charge on any atom is -0.363 e. The number of hydrogen-bond acceptors (Lipinski definition) is 5. The van der Waals surface area contributed by atoms with Crippen LogP contribution in [0.3, 0.4) is 0 Å². The van der Waals surface area contributed by atoms with Gasteiger partial charge in [0.05, 0.1) is 17.5 Å². The molecule has 0 bridgehead atoms. The van der Waals surface area contributed by atoms with Gasteiger partial charge >= 0.3 is 12.3 Å². The zero-order valence-corrected chi connectivity index (χ0v) is 17.8. The Labute approximate surface area is 187 Å². The van der Waals surface area contributed by atoms with Crippen LogP contribution in [-0.2, 0) is 11.0 Å². The van der Waals surface area contributed by atoms with Gasteiger partial charge in [-0.2, -0.15) is 13.2 Å². The minimum atomic E-state index is -4.49. The number of hydrogen-bond donors (Lipinski definition) is 1. The summed E-state index contributed by atoms with van der Waals surface area (Å²) in [4.78, 5) is 22.3. The summed E-state index contributed by atoms with van der Waals surface area (Å²) in [6.07, 6.45) is -3.97. The number of anilines is 2. The Morgan fingerprint density at radius 2 is 1.75 bits per heavy atom. The van der Waals surface area contributed by atoms with Crippen molar-refractivity contribution in [3.05, 3.63) is 76.8 Å². The van der Waals surface area contributed by atoms with Crippen molar-refractivity contribution < 1.29 is 22.8 Å². The summed E-state index contributed by atoms with van der Waals surface area (Å²) in [7, 11) is 3.24. The topological polar surface area (TPSA) is 66.8 Å². The van der Waals surface area contributed by atoms with E-state index >= 15 is 0 Å². The van der Waals surface area contributed by atoms with Gasteiger partial charge in [0, 0.05) is 30.4 Å². The van der Waals surface area contributed by atoms with E-state index in [9.17, 15) is 18.0 Å². The molecule has 2 aromatic carbocycles. The summed E-state index contributed by atoms with van der Waals surface area (Å²) in [6, 6.07) is 14.9. The molecule has 1 heterocycles. The number of halogens is 4. The number of benzene rings is 2. The number of amides is 1. The van der Waals surface area contributed by atoms with E-state index in [1.54, 1.807) is 62.6 Å². The first-order valence-corrected chi connectivity index (χ1v) is 9.63. The van der Waals surface area contributed by atoms with E-state index in [1.807, 2.05) is 0 Å². The molecular formula is C22H18ClF3N4O2. The number of carbonyl (C=O) groups excluding carboxylic acids is 1. The lowest BCUT2D eigenvalue weighted by Crippen LogP contribution is -2.14. The molecule has 0 fully saturated rings. The Balaban J connectivity index is 1.69. The van der Waals surface area contributed by atoms with E-state index in [0.717, 1.165) is 12.1 Å². The highest BCUT2D eigenvalue weighted by atomic mass is 35.5. The van der Waals surface area contributed by atoms with Gasteiger partial charge in [-0.25, -0.2) is 9.78 Å². The van der Waals surface area contributed by atoms with Gasteiger partial charge < -0.3 is 4.90 Å². The van der Waals surface area contributed by atoms with Crippen LogP contribution >= 0.6 is 11.6 Å². The van der Waals surface area contributed by atoms with Gasteiger partial charge in [-0.3, -0.25) is 10.2 Å². The highest BCUT2D eigenvalue weighted by molar-refractivity contribution is 6.30. The van der Waals surface area contributed by atoms with Gasteiger partial charge in [-0.1, -0.05) is 41.0 Å². The summed E-state index contributed by atoms with van der Waals surface area (Å²) < 4.78 is 39.7. The predicted molar refractivity (Wildman–Crippen MR) is 118 cm³/mol. The molecule has 0 spiro atoms. The minimum absolute atomic E-state index is 0.186. The molecule has 1 aromatic heterocycles. The zero-order valence-electron chi connectivity index (χ0n) is 17.0. The average Bonchev–Trinajstić information content (AvgIpc) is 2.75. The van der Waals surface area contributed by atoms with E-state index in [0.29, 0.717) is 21.8 Å². The van der Waals surface area contributed by atoms with E-state index in [4.69, 9.17) is 16.4 Å². The molecular weight excluding hydrogens is 445 g/mol. The van der Waals surface area contributed by atoms with Crippen LogP contribution in [0.15, 0.2) is 65.8 Å². The molecule has 0 unspecified atom stereocenters. The Hall–Kier alpha value is -3.59. The molecule has 10 heteroatoms. The molecule has 1 amide bonds. The third kappa shape index (κ3) is 6.21. The van der Waals surface area contributed by atoms with Crippen molar-refractivity contribution in [2.45, 2.75) is 6.18 Å². The molecule has 6 nitrogen and oxygen atoms in total. The number of alkyl halides is 3. The second kappa shape index (κ2) is 9.69. The quantitative estimate of drug-likeness (QED) is 0.284. The molecule has 32 heavy (non-hydrogen) atoms. The monoisotopic (exact) mass is 462 g/mol. The molecule has 166 valence electrons. The fourth-order valence-corrected chi connectivity index (χ4v) is 2.73. The molecule has 0 saturated heterocycles. The first-order chi connectivity index (χ1) is 15.1. The molecule has 0 aliphatic carbocycles. The number of carbonyl (C=O) groups is 1. The van der Waals surface area contributed by atoms with Crippen molar-refractivity contribution in [1.29, 1.82) is 0 Å². The lowest BCUT2D eigenvalue weighted by atomic mass is 10.1. The molecule has 1 N–H and O–H groups in total.